The Morgan fingerprint density at radius 2 is 1.84 bits per heavy atom. The maximum atomic E-state index is 12.8. The first-order valence-corrected chi connectivity index (χ1v) is 8.49. The molecule has 0 radical (unpaired) electrons. The standard InChI is InChI=1S/C15H15F3N2O4S/c1-11(21)19-12-4-6-14(7-5-12)25(22,23)20(10-15(16,17)18)9-13-3-2-8-24-13/h2-8H,9-10H2,1H3,(H,19,21). The van der Waals surface area contributed by atoms with Crippen LogP contribution in [0.15, 0.2) is 52.0 Å². The molecule has 2 rings (SSSR count). The van der Waals surface area contributed by atoms with E-state index in [-0.39, 0.29) is 16.6 Å². The molecule has 0 saturated carbocycles. The fraction of sp³-hybridized carbons (Fsp3) is 0.267. The molecule has 25 heavy (non-hydrogen) atoms. The van der Waals surface area contributed by atoms with Gasteiger partial charge < -0.3 is 9.73 Å². The third-order valence-corrected chi connectivity index (χ3v) is 4.89. The maximum Gasteiger partial charge on any atom is 0.402 e. The van der Waals surface area contributed by atoms with E-state index < -0.39 is 29.3 Å². The van der Waals surface area contributed by atoms with Gasteiger partial charge in [0.25, 0.3) is 0 Å². The summed E-state index contributed by atoms with van der Waals surface area (Å²) in [5.74, 6) is -0.269. The largest absolute Gasteiger partial charge is 0.468 e. The molecule has 10 heteroatoms. The van der Waals surface area contributed by atoms with Gasteiger partial charge in [0.2, 0.25) is 15.9 Å². The molecule has 0 aliphatic heterocycles. The summed E-state index contributed by atoms with van der Waals surface area (Å²) >= 11 is 0. The number of benzene rings is 1. The Kier molecular flexibility index (Phi) is 5.53. The molecule has 2 aromatic rings. The predicted molar refractivity (Wildman–Crippen MR) is 83.1 cm³/mol. The van der Waals surface area contributed by atoms with Crippen molar-refractivity contribution in [1.82, 2.24) is 4.31 Å². The SMILES string of the molecule is CC(=O)Nc1ccc(S(=O)(=O)N(Cc2ccco2)CC(F)(F)F)cc1. The number of carbonyl (C=O) groups excluding carboxylic acids is 1. The number of alkyl halides is 3. The summed E-state index contributed by atoms with van der Waals surface area (Å²) in [4.78, 5) is 10.6. The quantitative estimate of drug-likeness (QED) is 0.841. The van der Waals surface area contributed by atoms with Crippen LogP contribution in [0.4, 0.5) is 18.9 Å². The molecule has 1 aromatic heterocycles. The van der Waals surface area contributed by atoms with Crippen molar-refractivity contribution in [2.45, 2.75) is 24.5 Å². The first kappa shape index (κ1) is 19.0. The number of hydrogen-bond acceptors (Lipinski definition) is 4. The van der Waals surface area contributed by atoms with Crippen LogP contribution in [0.1, 0.15) is 12.7 Å². The first-order chi connectivity index (χ1) is 11.6. The predicted octanol–water partition coefficient (Wildman–Crippen LogP) is 2.99. The first-order valence-electron chi connectivity index (χ1n) is 7.05. The van der Waals surface area contributed by atoms with E-state index >= 15 is 0 Å². The van der Waals surface area contributed by atoms with Crippen LogP contribution in [0.25, 0.3) is 0 Å². The normalized spacial score (nSPS) is 12.4. The van der Waals surface area contributed by atoms with Gasteiger partial charge in [-0.3, -0.25) is 4.79 Å². The molecule has 0 aliphatic rings. The highest BCUT2D eigenvalue weighted by atomic mass is 32.2. The molecule has 1 N–H and O–H groups in total. The smallest absolute Gasteiger partial charge is 0.402 e. The number of halogens is 3. The van der Waals surface area contributed by atoms with Crippen LogP contribution < -0.4 is 5.32 Å². The molecule has 1 amide bonds. The van der Waals surface area contributed by atoms with Gasteiger partial charge in [0.05, 0.1) is 17.7 Å². The molecular formula is C15H15F3N2O4S. The molecule has 0 saturated heterocycles. The van der Waals surface area contributed by atoms with E-state index in [0.717, 1.165) is 12.1 Å². The number of anilines is 1. The van der Waals surface area contributed by atoms with E-state index in [9.17, 15) is 26.4 Å². The minimum Gasteiger partial charge on any atom is -0.468 e. The van der Waals surface area contributed by atoms with Gasteiger partial charge in [0, 0.05) is 12.6 Å². The second-order valence-electron chi connectivity index (χ2n) is 5.17. The zero-order valence-corrected chi connectivity index (χ0v) is 13.9. The lowest BCUT2D eigenvalue weighted by Crippen LogP contribution is -2.38. The molecule has 0 bridgehead atoms. The summed E-state index contributed by atoms with van der Waals surface area (Å²) < 4.78 is 68.8. The van der Waals surface area contributed by atoms with Crippen molar-refractivity contribution >= 4 is 21.6 Å². The third-order valence-electron chi connectivity index (χ3n) is 3.08. The molecule has 1 aromatic carbocycles. The molecule has 0 unspecified atom stereocenters. The molecule has 1 heterocycles. The van der Waals surface area contributed by atoms with Crippen molar-refractivity contribution in [3.63, 3.8) is 0 Å². The van der Waals surface area contributed by atoms with Gasteiger partial charge in [-0.05, 0) is 36.4 Å². The molecular weight excluding hydrogens is 361 g/mol. The summed E-state index contributed by atoms with van der Waals surface area (Å²) in [6.45, 7) is -0.926. The Morgan fingerprint density at radius 1 is 1.20 bits per heavy atom. The Morgan fingerprint density at radius 3 is 2.32 bits per heavy atom. The number of furan rings is 1. The molecule has 0 atom stereocenters. The van der Waals surface area contributed by atoms with Crippen LogP contribution in [0.2, 0.25) is 0 Å². The summed E-state index contributed by atoms with van der Waals surface area (Å²) in [6.07, 6.45) is -3.47. The topological polar surface area (TPSA) is 79.6 Å². The lowest BCUT2D eigenvalue weighted by molar-refractivity contribution is -0.137. The molecule has 0 spiro atoms. The molecule has 6 nitrogen and oxygen atoms in total. The van der Waals surface area contributed by atoms with Crippen molar-refractivity contribution in [3.8, 4) is 0 Å². The number of hydrogen-bond donors (Lipinski definition) is 1. The van der Waals surface area contributed by atoms with Gasteiger partial charge in [-0.25, -0.2) is 8.42 Å². The number of carbonyl (C=O) groups is 1. The summed E-state index contributed by atoms with van der Waals surface area (Å²) in [5, 5.41) is 2.44. The van der Waals surface area contributed by atoms with Crippen molar-refractivity contribution < 1.29 is 30.8 Å². The van der Waals surface area contributed by atoms with E-state index in [4.69, 9.17) is 4.42 Å². The molecule has 0 aliphatic carbocycles. The number of amides is 1. The van der Waals surface area contributed by atoms with Crippen LogP contribution in [0, 0.1) is 0 Å². The van der Waals surface area contributed by atoms with Crippen LogP contribution in [-0.2, 0) is 21.4 Å². The van der Waals surface area contributed by atoms with Gasteiger partial charge in [-0.15, -0.1) is 0 Å². The molecule has 0 fully saturated rings. The second-order valence-corrected chi connectivity index (χ2v) is 7.11. The lowest BCUT2D eigenvalue weighted by atomic mass is 10.3. The van der Waals surface area contributed by atoms with E-state index in [2.05, 4.69) is 5.32 Å². The maximum absolute atomic E-state index is 12.8. The average molecular weight is 376 g/mol. The highest BCUT2D eigenvalue weighted by Gasteiger charge is 2.37. The van der Waals surface area contributed by atoms with Crippen LogP contribution >= 0.6 is 0 Å². The second kappa shape index (κ2) is 7.28. The highest BCUT2D eigenvalue weighted by Crippen LogP contribution is 2.25. The van der Waals surface area contributed by atoms with E-state index in [1.807, 2.05) is 0 Å². The Bertz CT molecular complexity index is 815. The van der Waals surface area contributed by atoms with Gasteiger partial charge in [-0.1, -0.05) is 0 Å². The Labute approximate surface area is 142 Å². The number of nitrogens with zero attached hydrogens (tertiary/aromatic N) is 1. The van der Waals surface area contributed by atoms with Gasteiger partial charge >= 0.3 is 6.18 Å². The lowest BCUT2D eigenvalue weighted by Gasteiger charge is -2.22. The van der Waals surface area contributed by atoms with Crippen molar-refractivity contribution in [1.29, 1.82) is 0 Å². The van der Waals surface area contributed by atoms with Crippen LogP contribution in [0.3, 0.4) is 0 Å². The summed E-state index contributed by atoms with van der Waals surface area (Å²) in [6, 6.07) is 7.70. The Hall–Kier alpha value is -2.33. The molecule has 136 valence electrons. The van der Waals surface area contributed by atoms with E-state index in [1.54, 1.807) is 0 Å². The zero-order chi connectivity index (χ0) is 18.7. The average Bonchev–Trinajstić information content (AvgIpc) is 2.98. The van der Waals surface area contributed by atoms with Gasteiger partial charge in [0.1, 0.15) is 12.3 Å². The summed E-state index contributed by atoms with van der Waals surface area (Å²) in [5.41, 5.74) is 0.333. The number of rotatable bonds is 6. The van der Waals surface area contributed by atoms with E-state index in [0.29, 0.717) is 9.99 Å². The minimum atomic E-state index is -4.71. The minimum absolute atomic E-state index is 0.0858. The van der Waals surface area contributed by atoms with Crippen LogP contribution in [0.5, 0.6) is 0 Å². The van der Waals surface area contributed by atoms with Crippen LogP contribution in [-0.4, -0.2) is 31.4 Å². The van der Waals surface area contributed by atoms with Crippen molar-refractivity contribution in [3.05, 3.63) is 48.4 Å². The fourth-order valence-electron chi connectivity index (χ4n) is 2.06. The van der Waals surface area contributed by atoms with E-state index in [1.165, 1.54) is 37.5 Å². The van der Waals surface area contributed by atoms with Crippen molar-refractivity contribution in [2.24, 2.45) is 0 Å². The van der Waals surface area contributed by atoms with Gasteiger partial charge in [-0.2, -0.15) is 17.5 Å². The highest BCUT2D eigenvalue weighted by molar-refractivity contribution is 7.89. The summed E-state index contributed by atoms with van der Waals surface area (Å²) in [7, 11) is -4.41. The number of sulfonamides is 1. The zero-order valence-electron chi connectivity index (χ0n) is 13.1. The monoisotopic (exact) mass is 376 g/mol. The fourth-order valence-corrected chi connectivity index (χ4v) is 3.46. The third kappa shape index (κ3) is 5.33. The Balaban J connectivity index is 2.31. The van der Waals surface area contributed by atoms with Crippen molar-refractivity contribution in [2.75, 3.05) is 11.9 Å². The van der Waals surface area contributed by atoms with Gasteiger partial charge in [0.15, 0.2) is 0 Å². The number of nitrogens with one attached hydrogen (secondary N) is 1.